The Bertz CT molecular complexity index is 620. The van der Waals surface area contributed by atoms with Crippen LogP contribution < -0.4 is 0 Å². The van der Waals surface area contributed by atoms with Crippen LogP contribution in [-0.2, 0) is 0 Å². The van der Waals surface area contributed by atoms with E-state index in [4.69, 9.17) is 0 Å². The SMILES string of the molecule is O=[N+]([O-])c1c(F)c(Br)cc(-c2ccccn2)c1Br. The lowest BCUT2D eigenvalue weighted by Gasteiger charge is -2.06. The zero-order chi connectivity index (χ0) is 13.3. The van der Waals surface area contributed by atoms with Crippen LogP contribution in [0.2, 0.25) is 0 Å². The van der Waals surface area contributed by atoms with Crippen LogP contribution in [0, 0.1) is 15.9 Å². The van der Waals surface area contributed by atoms with E-state index in [-0.39, 0.29) is 8.95 Å². The summed E-state index contributed by atoms with van der Waals surface area (Å²) in [4.78, 5) is 14.2. The van der Waals surface area contributed by atoms with E-state index in [1.54, 1.807) is 24.4 Å². The van der Waals surface area contributed by atoms with Crippen LogP contribution in [0.1, 0.15) is 0 Å². The average Bonchev–Trinajstić information content (AvgIpc) is 2.34. The number of benzene rings is 1. The molecule has 0 unspecified atom stereocenters. The third-order valence-electron chi connectivity index (χ3n) is 2.26. The van der Waals surface area contributed by atoms with E-state index in [1.165, 1.54) is 6.07 Å². The van der Waals surface area contributed by atoms with Crippen molar-refractivity contribution in [2.45, 2.75) is 0 Å². The summed E-state index contributed by atoms with van der Waals surface area (Å²) in [5.41, 5.74) is 0.369. The fraction of sp³-hybridized carbons (Fsp3) is 0. The zero-order valence-electron chi connectivity index (χ0n) is 8.73. The molecule has 0 amide bonds. The molecule has 0 radical (unpaired) electrons. The van der Waals surface area contributed by atoms with Gasteiger partial charge in [0.15, 0.2) is 0 Å². The number of pyridine rings is 1. The molecule has 0 aliphatic carbocycles. The summed E-state index contributed by atoms with van der Waals surface area (Å²) in [5.74, 6) is -0.911. The summed E-state index contributed by atoms with van der Waals surface area (Å²) in [6.45, 7) is 0. The predicted molar refractivity (Wildman–Crippen MR) is 71.7 cm³/mol. The molecule has 1 heterocycles. The average molecular weight is 376 g/mol. The molecule has 2 rings (SSSR count). The molecule has 0 aliphatic heterocycles. The van der Waals surface area contributed by atoms with E-state index >= 15 is 0 Å². The largest absolute Gasteiger partial charge is 0.320 e. The van der Waals surface area contributed by atoms with Crippen molar-refractivity contribution in [3.63, 3.8) is 0 Å². The highest BCUT2D eigenvalue weighted by Gasteiger charge is 2.25. The Morgan fingerprint density at radius 3 is 2.61 bits per heavy atom. The summed E-state index contributed by atoms with van der Waals surface area (Å²) >= 11 is 6.03. The fourth-order valence-electron chi connectivity index (χ4n) is 1.46. The molecule has 4 nitrogen and oxygen atoms in total. The normalized spacial score (nSPS) is 10.4. The van der Waals surface area contributed by atoms with E-state index in [0.717, 1.165) is 0 Å². The molecule has 0 fully saturated rings. The van der Waals surface area contributed by atoms with Gasteiger partial charge in [0, 0.05) is 11.8 Å². The molecule has 0 bridgehead atoms. The number of nitro benzene ring substituents is 1. The van der Waals surface area contributed by atoms with Crippen LogP contribution >= 0.6 is 31.9 Å². The van der Waals surface area contributed by atoms with Crippen molar-refractivity contribution in [1.82, 2.24) is 4.98 Å². The van der Waals surface area contributed by atoms with Gasteiger partial charge in [0.25, 0.3) is 0 Å². The Labute approximate surface area is 118 Å². The van der Waals surface area contributed by atoms with E-state index in [2.05, 4.69) is 36.8 Å². The highest BCUT2D eigenvalue weighted by Crippen LogP contribution is 2.40. The third kappa shape index (κ3) is 2.28. The van der Waals surface area contributed by atoms with Crippen molar-refractivity contribution in [3.05, 3.63) is 55.3 Å². The number of rotatable bonds is 2. The maximum absolute atomic E-state index is 13.7. The van der Waals surface area contributed by atoms with Gasteiger partial charge in [0.2, 0.25) is 5.82 Å². The molecule has 0 saturated carbocycles. The third-order valence-corrected chi connectivity index (χ3v) is 3.64. The minimum atomic E-state index is -0.911. The number of halogens is 3. The molecular weight excluding hydrogens is 371 g/mol. The van der Waals surface area contributed by atoms with E-state index < -0.39 is 16.4 Å². The van der Waals surface area contributed by atoms with E-state index in [0.29, 0.717) is 11.3 Å². The maximum atomic E-state index is 13.7. The van der Waals surface area contributed by atoms with E-state index in [9.17, 15) is 14.5 Å². The van der Waals surface area contributed by atoms with Crippen LogP contribution in [-0.4, -0.2) is 9.91 Å². The Kier molecular flexibility index (Phi) is 3.72. The van der Waals surface area contributed by atoms with Crippen molar-refractivity contribution in [2.75, 3.05) is 0 Å². The van der Waals surface area contributed by atoms with Crippen LogP contribution in [0.25, 0.3) is 11.3 Å². The molecule has 18 heavy (non-hydrogen) atoms. The Balaban J connectivity index is 2.75. The first-order valence-corrected chi connectivity index (χ1v) is 6.34. The standard InChI is InChI=1S/C11H5Br2FN2O2/c12-7-5-6(8-3-1-2-4-15-8)9(13)11(10(7)14)16(17)18/h1-5H. The van der Waals surface area contributed by atoms with Crippen molar-refractivity contribution in [3.8, 4) is 11.3 Å². The highest BCUT2D eigenvalue weighted by molar-refractivity contribution is 9.11. The van der Waals surface area contributed by atoms with Crippen LogP contribution in [0.5, 0.6) is 0 Å². The van der Waals surface area contributed by atoms with Crippen molar-refractivity contribution < 1.29 is 9.31 Å². The zero-order valence-corrected chi connectivity index (χ0v) is 11.9. The lowest BCUT2D eigenvalue weighted by Crippen LogP contribution is -1.97. The van der Waals surface area contributed by atoms with Gasteiger partial charge in [-0.2, -0.15) is 4.39 Å². The summed E-state index contributed by atoms with van der Waals surface area (Å²) in [6, 6.07) is 6.62. The first kappa shape index (κ1) is 13.1. The topological polar surface area (TPSA) is 56.0 Å². The lowest BCUT2D eigenvalue weighted by molar-refractivity contribution is -0.388. The number of aromatic nitrogens is 1. The molecule has 0 saturated heterocycles. The van der Waals surface area contributed by atoms with Gasteiger partial charge in [-0.25, -0.2) is 0 Å². The minimum Gasteiger partial charge on any atom is -0.258 e. The summed E-state index contributed by atoms with van der Waals surface area (Å²) in [7, 11) is 0. The first-order chi connectivity index (χ1) is 8.52. The predicted octanol–water partition coefficient (Wildman–Crippen LogP) is 4.32. The van der Waals surface area contributed by atoms with Gasteiger partial charge in [-0.15, -0.1) is 0 Å². The fourth-order valence-corrected chi connectivity index (χ4v) is 2.51. The van der Waals surface area contributed by atoms with Crippen molar-refractivity contribution in [1.29, 1.82) is 0 Å². The van der Waals surface area contributed by atoms with Gasteiger partial charge in [-0.05, 0) is 50.1 Å². The molecule has 0 aliphatic rings. The summed E-state index contributed by atoms with van der Waals surface area (Å²) in [6.07, 6.45) is 1.56. The Morgan fingerprint density at radius 2 is 2.06 bits per heavy atom. The van der Waals surface area contributed by atoms with Crippen LogP contribution in [0.4, 0.5) is 10.1 Å². The minimum absolute atomic E-state index is 0.0260. The Morgan fingerprint density at radius 1 is 1.33 bits per heavy atom. The first-order valence-electron chi connectivity index (χ1n) is 4.75. The van der Waals surface area contributed by atoms with Gasteiger partial charge in [0.1, 0.15) is 4.47 Å². The number of nitro groups is 1. The smallest absolute Gasteiger partial charge is 0.258 e. The monoisotopic (exact) mass is 374 g/mol. The summed E-state index contributed by atoms with van der Waals surface area (Å²) in [5, 5.41) is 10.9. The molecule has 0 N–H and O–H groups in total. The van der Waals surface area contributed by atoms with Crippen molar-refractivity contribution in [2.24, 2.45) is 0 Å². The maximum Gasteiger partial charge on any atom is 0.320 e. The van der Waals surface area contributed by atoms with Crippen molar-refractivity contribution >= 4 is 37.5 Å². The quantitative estimate of drug-likeness (QED) is 0.446. The molecule has 2 aromatic rings. The van der Waals surface area contributed by atoms with Crippen LogP contribution in [0.3, 0.4) is 0 Å². The van der Waals surface area contributed by atoms with E-state index in [1.807, 2.05) is 0 Å². The summed E-state index contributed by atoms with van der Waals surface area (Å²) < 4.78 is 13.8. The lowest BCUT2D eigenvalue weighted by atomic mass is 10.1. The second kappa shape index (κ2) is 5.11. The number of nitrogens with zero attached hydrogens (tertiary/aromatic N) is 2. The second-order valence-electron chi connectivity index (χ2n) is 3.35. The van der Waals surface area contributed by atoms with Gasteiger partial charge in [-0.1, -0.05) is 6.07 Å². The van der Waals surface area contributed by atoms with Gasteiger partial charge in [-0.3, -0.25) is 15.1 Å². The van der Waals surface area contributed by atoms with Gasteiger partial charge < -0.3 is 0 Å². The molecular formula is C11H5Br2FN2O2. The molecule has 7 heteroatoms. The molecule has 92 valence electrons. The molecule has 1 aromatic heterocycles. The molecule has 1 aromatic carbocycles. The molecule has 0 spiro atoms. The number of hydrogen-bond acceptors (Lipinski definition) is 3. The second-order valence-corrected chi connectivity index (χ2v) is 5.00. The highest BCUT2D eigenvalue weighted by atomic mass is 79.9. The van der Waals surface area contributed by atoms with Crippen LogP contribution in [0.15, 0.2) is 39.4 Å². The number of hydrogen-bond donors (Lipinski definition) is 0. The van der Waals surface area contributed by atoms with Gasteiger partial charge >= 0.3 is 5.69 Å². The molecule has 0 atom stereocenters. The Hall–Kier alpha value is -1.34. The van der Waals surface area contributed by atoms with Gasteiger partial charge in [0.05, 0.1) is 15.1 Å².